The van der Waals surface area contributed by atoms with Crippen molar-refractivity contribution in [3.63, 3.8) is 0 Å². The fraction of sp³-hybridized carbons (Fsp3) is 0.533. The van der Waals surface area contributed by atoms with Gasteiger partial charge < -0.3 is 8.92 Å². The first-order valence-corrected chi connectivity index (χ1v) is 8.53. The molecule has 1 saturated heterocycles. The smallest absolute Gasteiger partial charge is 0.370 e. The predicted octanol–water partition coefficient (Wildman–Crippen LogP) is 2.03. The van der Waals surface area contributed by atoms with Gasteiger partial charge in [0.1, 0.15) is 5.78 Å². The van der Waals surface area contributed by atoms with E-state index in [0.717, 1.165) is 0 Å². The molecule has 2 heterocycles. The standard InChI is InChI=1S/C15H19NO5S/c1-15(2,3)13(17)8-10-9-20-14-11-6-4-5-7-12(11)21-22(18,19)16(10)14/h4-7,10,14H,8-9H2,1-3H3/t10-,14+/m1/s1. The van der Waals surface area contributed by atoms with Crippen LogP contribution in [0.15, 0.2) is 24.3 Å². The molecule has 7 heteroatoms. The van der Waals surface area contributed by atoms with Crippen LogP contribution in [-0.4, -0.2) is 31.2 Å². The quantitative estimate of drug-likeness (QED) is 0.832. The molecule has 2 aliphatic heterocycles. The number of benzene rings is 1. The molecule has 0 radical (unpaired) electrons. The number of ether oxygens (including phenoxy) is 1. The Morgan fingerprint density at radius 1 is 1.32 bits per heavy atom. The topological polar surface area (TPSA) is 72.9 Å². The molecule has 2 atom stereocenters. The highest BCUT2D eigenvalue weighted by Crippen LogP contribution is 2.43. The number of carbonyl (C=O) groups excluding carboxylic acids is 1. The summed E-state index contributed by atoms with van der Waals surface area (Å²) in [5.74, 6) is 0.280. The molecule has 0 spiro atoms. The molecule has 6 nitrogen and oxygen atoms in total. The van der Waals surface area contributed by atoms with Crippen molar-refractivity contribution < 1.29 is 22.1 Å². The summed E-state index contributed by atoms with van der Waals surface area (Å²) in [6, 6.07) is 6.35. The second-order valence-electron chi connectivity index (χ2n) is 6.63. The maximum atomic E-state index is 12.4. The maximum Gasteiger partial charge on any atom is 0.388 e. The van der Waals surface area contributed by atoms with E-state index in [9.17, 15) is 13.2 Å². The van der Waals surface area contributed by atoms with Gasteiger partial charge in [-0.05, 0) is 6.07 Å². The van der Waals surface area contributed by atoms with Crippen LogP contribution >= 0.6 is 0 Å². The molecule has 22 heavy (non-hydrogen) atoms. The van der Waals surface area contributed by atoms with Crippen LogP contribution in [0, 0.1) is 5.41 Å². The lowest BCUT2D eigenvalue weighted by Gasteiger charge is -2.32. The molecule has 0 aromatic heterocycles. The Bertz CT molecular complexity index is 707. The molecule has 1 aromatic rings. The fourth-order valence-corrected chi connectivity index (χ4v) is 4.03. The Labute approximate surface area is 130 Å². The molecule has 0 unspecified atom stereocenters. The van der Waals surface area contributed by atoms with Gasteiger partial charge in [-0.25, -0.2) is 0 Å². The zero-order valence-corrected chi connectivity index (χ0v) is 13.6. The third kappa shape index (κ3) is 2.53. The lowest BCUT2D eigenvalue weighted by molar-refractivity contribution is -0.127. The molecular weight excluding hydrogens is 306 g/mol. The van der Waals surface area contributed by atoms with Crippen LogP contribution in [-0.2, 0) is 19.8 Å². The van der Waals surface area contributed by atoms with Crippen molar-refractivity contribution in [2.75, 3.05) is 6.61 Å². The van der Waals surface area contributed by atoms with Crippen LogP contribution in [0.25, 0.3) is 0 Å². The number of fused-ring (bicyclic) bond motifs is 3. The highest BCUT2D eigenvalue weighted by atomic mass is 32.2. The minimum atomic E-state index is -3.96. The average molecular weight is 325 g/mol. The number of Topliss-reactive ketones (excluding diaryl/α,β-unsaturated/α-hetero) is 1. The van der Waals surface area contributed by atoms with Crippen LogP contribution in [0.5, 0.6) is 5.75 Å². The van der Waals surface area contributed by atoms with Gasteiger partial charge in [-0.2, -0.15) is 8.42 Å². The summed E-state index contributed by atoms with van der Waals surface area (Å²) in [6.07, 6.45) is -0.599. The van der Waals surface area contributed by atoms with E-state index >= 15 is 0 Å². The monoisotopic (exact) mass is 325 g/mol. The van der Waals surface area contributed by atoms with Gasteiger partial charge in [0.25, 0.3) is 0 Å². The molecule has 3 rings (SSSR count). The van der Waals surface area contributed by atoms with E-state index in [1.165, 1.54) is 4.31 Å². The molecular formula is C15H19NO5S. The number of para-hydroxylation sites is 1. The zero-order valence-electron chi connectivity index (χ0n) is 12.8. The normalized spacial score (nSPS) is 26.9. The van der Waals surface area contributed by atoms with Crippen molar-refractivity contribution >= 4 is 16.1 Å². The molecule has 0 amide bonds. The minimum absolute atomic E-state index is 0.00388. The van der Waals surface area contributed by atoms with E-state index in [1.807, 2.05) is 20.8 Å². The van der Waals surface area contributed by atoms with Crippen LogP contribution in [0.1, 0.15) is 39.0 Å². The number of rotatable bonds is 2. The molecule has 120 valence electrons. The first-order valence-electron chi connectivity index (χ1n) is 7.17. The average Bonchev–Trinajstić information content (AvgIpc) is 2.82. The lowest BCUT2D eigenvalue weighted by Crippen LogP contribution is -2.45. The Morgan fingerprint density at radius 3 is 2.68 bits per heavy atom. The Hall–Kier alpha value is -1.44. The number of nitrogens with zero attached hydrogens (tertiary/aromatic N) is 1. The highest BCUT2D eigenvalue weighted by Gasteiger charge is 2.50. The van der Waals surface area contributed by atoms with Crippen LogP contribution in [0.3, 0.4) is 0 Å². The van der Waals surface area contributed by atoms with Gasteiger partial charge in [0.15, 0.2) is 12.0 Å². The van der Waals surface area contributed by atoms with Crippen LogP contribution < -0.4 is 4.18 Å². The second-order valence-corrected chi connectivity index (χ2v) is 8.07. The Kier molecular flexibility index (Phi) is 3.54. The highest BCUT2D eigenvalue weighted by molar-refractivity contribution is 7.84. The maximum absolute atomic E-state index is 12.4. The van der Waals surface area contributed by atoms with Crippen molar-refractivity contribution in [3.05, 3.63) is 29.8 Å². The largest absolute Gasteiger partial charge is 0.388 e. The van der Waals surface area contributed by atoms with Gasteiger partial charge in [0, 0.05) is 17.4 Å². The summed E-state index contributed by atoms with van der Waals surface area (Å²) < 4.78 is 36.7. The number of ketones is 1. The van der Waals surface area contributed by atoms with Crippen molar-refractivity contribution in [2.45, 2.75) is 39.5 Å². The SMILES string of the molecule is CC(C)(C)C(=O)C[C@@H]1CO[C@H]2c3ccccc3OS(=O)(=O)N12. The second kappa shape index (κ2) is 5.04. The van der Waals surface area contributed by atoms with E-state index in [-0.39, 0.29) is 24.6 Å². The summed E-state index contributed by atoms with van der Waals surface area (Å²) in [7, 11) is -3.96. The molecule has 1 aromatic carbocycles. The van der Waals surface area contributed by atoms with E-state index in [0.29, 0.717) is 5.56 Å². The van der Waals surface area contributed by atoms with E-state index in [2.05, 4.69) is 0 Å². The fourth-order valence-electron chi connectivity index (χ4n) is 2.65. The number of carbonyl (C=O) groups is 1. The summed E-state index contributed by atoms with van der Waals surface area (Å²) in [5.41, 5.74) is 0.152. The van der Waals surface area contributed by atoms with Gasteiger partial charge in [-0.1, -0.05) is 39.0 Å². The Balaban J connectivity index is 1.93. The van der Waals surface area contributed by atoms with E-state index in [1.54, 1.807) is 24.3 Å². The summed E-state index contributed by atoms with van der Waals surface area (Å²) >= 11 is 0. The molecule has 0 N–H and O–H groups in total. The molecule has 0 saturated carbocycles. The Morgan fingerprint density at radius 2 is 2.00 bits per heavy atom. The van der Waals surface area contributed by atoms with Crippen LogP contribution in [0.4, 0.5) is 0 Å². The van der Waals surface area contributed by atoms with Crippen molar-refractivity contribution in [3.8, 4) is 5.75 Å². The van der Waals surface area contributed by atoms with Gasteiger partial charge >= 0.3 is 10.3 Å². The molecule has 0 aliphatic carbocycles. The van der Waals surface area contributed by atoms with E-state index < -0.39 is 28.0 Å². The third-order valence-corrected chi connectivity index (χ3v) is 5.33. The van der Waals surface area contributed by atoms with Gasteiger partial charge in [-0.15, -0.1) is 4.31 Å². The van der Waals surface area contributed by atoms with Gasteiger partial charge in [-0.3, -0.25) is 4.79 Å². The van der Waals surface area contributed by atoms with Crippen molar-refractivity contribution in [1.82, 2.24) is 4.31 Å². The van der Waals surface area contributed by atoms with Gasteiger partial charge in [0.05, 0.1) is 12.6 Å². The molecule has 2 aliphatic rings. The van der Waals surface area contributed by atoms with Crippen molar-refractivity contribution in [2.24, 2.45) is 5.41 Å². The first kappa shape index (κ1) is 15.5. The lowest BCUT2D eigenvalue weighted by atomic mass is 9.87. The van der Waals surface area contributed by atoms with Gasteiger partial charge in [0.2, 0.25) is 0 Å². The number of hydrogen-bond donors (Lipinski definition) is 0. The van der Waals surface area contributed by atoms with E-state index in [4.69, 9.17) is 8.92 Å². The third-order valence-electron chi connectivity index (χ3n) is 3.93. The molecule has 0 bridgehead atoms. The van der Waals surface area contributed by atoms with Crippen molar-refractivity contribution in [1.29, 1.82) is 0 Å². The summed E-state index contributed by atoms with van der Waals surface area (Å²) in [5, 5.41) is 0. The molecule has 1 fully saturated rings. The first-order chi connectivity index (χ1) is 10.2. The zero-order chi connectivity index (χ0) is 16.1. The van der Waals surface area contributed by atoms with Crippen LogP contribution in [0.2, 0.25) is 0 Å². The minimum Gasteiger partial charge on any atom is -0.370 e. The predicted molar refractivity (Wildman–Crippen MR) is 79.4 cm³/mol. The number of hydrogen-bond acceptors (Lipinski definition) is 5. The summed E-state index contributed by atoms with van der Waals surface area (Å²) in [4.78, 5) is 12.2. The summed E-state index contributed by atoms with van der Waals surface area (Å²) in [6.45, 7) is 5.64.